The molecule has 6 nitrogen and oxygen atoms in total. The second-order valence-electron chi connectivity index (χ2n) is 6.91. The summed E-state index contributed by atoms with van der Waals surface area (Å²) in [4.78, 5) is 38.0. The number of rotatable bonds is 5. The fourth-order valence-electron chi connectivity index (χ4n) is 3.37. The minimum absolute atomic E-state index is 0.000770. The van der Waals surface area contributed by atoms with E-state index < -0.39 is 23.9 Å². The van der Waals surface area contributed by atoms with E-state index in [0.29, 0.717) is 11.3 Å². The first-order valence-electron chi connectivity index (χ1n) is 9.19. The van der Waals surface area contributed by atoms with Crippen molar-refractivity contribution < 1.29 is 28.6 Å². The Balaban J connectivity index is 1.67. The number of benzene rings is 2. The zero-order valence-electron chi connectivity index (χ0n) is 16.1. The molecule has 1 aliphatic rings. The summed E-state index contributed by atoms with van der Waals surface area (Å²) >= 11 is 7.18. The van der Waals surface area contributed by atoms with Gasteiger partial charge in [-0.15, -0.1) is 11.3 Å². The van der Waals surface area contributed by atoms with Crippen LogP contribution in [0.5, 0.6) is 5.75 Å². The molecule has 31 heavy (non-hydrogen) atoms. The number of anilines is 1. The number of hydrogen-bond acceptors (Lipinski definition) is 5. The number of ether oxygens (including phenoxy) is 1. The van der Waals surface area contributed by atoms with Crippen molar-refractivity contribution >= 4 is 46.4 Å². The minimum atomic E-state index is -1.23. The lowest BCUT2D eigenvalue weighted by molar-refractivity contribution is -0.117. The first kappa shape index (κ1) is 21.0. The second kappa shape index (κ2) is 8.13. The average molecular weight is 460 g/mol. The second-order valence-corrected chi connectivity index (χ2v) is 8.19. The fourth-order valence-corrected chi connectivity index (χ4v) is 4.47. The van der Waals surface area contributed by atoms with Crippen LogP contribution < -0.4 is 9.64 Å². The number of thiophene rings is 1. The van der Waals surface area contributed by atoms with Gasteiger partial charge in [-0.25, -0.2) is 14.1 Å². The Morgan fingerprint density at radius 2 is 1.94 bits per heavy atom. The molecule has 0 radical (unpaired) electrons. The normalized spacial score (nSPS) is 14.4. The van der Waals surface area contributed by atoms with E-state index in [4.69, 9.17) is 16.3 Å². The van der Waals surface area contributed by atoms with Gasteiger partial charge in [0.1, 0.15) is 22.5 Å². The Kier molecular flexibility index (Phi) is 5.51. The number of carbonyl (C=O) groups is 3. The molecule has 4 rings (SSSR count). The van der Waals surface area contributed by atoms with Crippen LogP contribution in [0, 0.1) is 5.82 Å². The number of carboxylic acid groups (broad SMARTS) is 1. The van der Waals surface area contributed by atoms with E-state index in [1.54, 1.807) is 25.1 Å². The van der Waals surface area contributed by atoms with Gasteiger partial charge >= 0.3 is 5.97 Å². The molecule has 0 fully saturated rings. The monoisotopic (exact) mass is 459 g/mol. The molecule has 1 atom stereocenters. The van der Waals surface area contributed by atoms with Gasteiger partial charge in [-0.2, -0.15) is 0 Å². The van der Waals surface area contributed by atoms with Crippen LogP contribution in [0.25, 0.3) is 0 Å². The topological polar surface area (TPSA) is 83.9 Å². The number of imide groups is 1. The predicted molar refractivity (Wildman–Crippen MR) is 114 cm³/mol. The number of hydrogen-bond donors (Lipinski definition) is 1. The Hall–Kier alpha value is -3.23. The van der Waals surface area contributed by atoms with E-state index >= 15 is 0 Å². The standard InChI is InChI=1S/C22H15ClFNO5S/c1-11(12-2-4-14(24)5-3-12)30-15-6-7-16(23)17(9-15)25-18(26)8-13-10-31-20(22(28)29)19(13)21(25)27/h2-7,9-11H,8H2,1H3,(H,28,29). The maximum absolute atomic E-state index is 13.2. The molecule has 2 amide bonds. The van der Waals surface area contributed by atoms with E-state index in [0.717, 1.165) is 21.8 Å². The third-order valence-corrected chi connectivity index (χ3v) is 6.22. The van der Waals surface area contributed by atoms with E-state index in [9.17, 15) is 23.9 Å². The number of amides is 2. The molecule has 0 saturated carbocycles. The fraction of sp³-hybridized carbons (Fsp3) is 0.136. The minimum Gasteiger partial charge on any atom is -0.486 e. The highest BCUT2D eigenvalue weighted by Crippen LogP contribution is 2.37. The van der Waals surface area contributed by atoms with Crippen molar-refractivity contribution in [1.82, 2.24) is 0 Å². The average Bonchev–Trinajstić information content (AvgIpc) is 3.15. The van der Waals surface area contributed by atoms with E-state index in [1.165, 1.54) is 29.6 Å². The summed E-state index contributed by atoms with van der Waals surface area (Å²) in [6, 6.07) is 10.4. The molecule has 1 unspecified atom stereocenters. The zero-order chi connectivity index (χ0) is 22.3. The van der Waals surface area contributed by atoms with Crippen LogP contribution in [-0.4, -0.2) is 22.9 Å². The van der Waals surface area contributed by atoms with Crippen LogP contribution in [-0.2, 0) is 11.2 Å². The van der Waals surface area contributed by atoms with Gasteiger partial charge in [0.25, 0.3) is 5.91 Å². The van der Waals surface area contributed by atoms with Gasteiger partial charge in [0.05, 0.1) is 22.7 Å². The van der Waals surface area contributed by atoms with E-state index in [-0.39, 0.29) is 33.4 Å². The molecule has 1 N–H and O–H groups in total. The van der Waals surface area contributed by atoms with Crippen molar-refractivity contribution in [3.05, 3.63) is 80.3 Å². The molecule has 3 aromatic rings. The highest BCUT2D eigenvalue weighted by atomic mass is 35.5. The molecule has 2 aromatic carbocycles. The number of carbonyl (C=O) groups excluding carboxylic acids is 2. The summed E-state index contributed by atoms with van der Waals surface area (Å²) in [5, 5.41) is 11.0. The Morgan fingerprint density at radius 1 is 1.23 bits per heavy atom. The van der Waals surface area contributed by atoms with Gasteiger partial charge < -0.3 is 9.84 Å². The van der Waals surface area contributed by atoms with Gasteiger partial charge in [0.15, 0.2) is 0 Å². The van der Waals surface area contributed by atoms with E-state index in [1.807, 2.05) is 0 Å². The lowest BCUT2D eigenvalue weighted by atomic mass is 10.0. The molecule has 1 aromatic heterocycles. The number of fused-ring (bicyclic) bond motifs is 1. The van der Waals surface area contributed by atoms with Crippen molar-refractivity contribution in [1.29, 1.82) is 0 Å². The Morgan fingerprint density at radius 3 is 2.61 bits per heavy atom. The number of aromatic carboxylic acids is 1. The van der Waals surface area contributed by atoms with Crippen LogP contribution >= 0.6 is 22.9 Å². The van der Waals surface area contributed by atoms with Gasteiger partial charge in [0, 0.05) is 6.07 Å². The zero-order valence-corrected chi connectivity index (χ0v) is 17.7. The molecular formula is C22H15ClFNO5S. The molecule has 158 valence electrons. The summed E-state index contributed by atoms with van der Waals surface area (Å²) in [5.41, 5.74) is 1.23. The molecule has 1 aliphatic heterocycles. The first-order valence-corrected chi connectivity index (χ1v) is 10.4. The van der Waals surface area contributed by atoms with Crippen LogP contribution in [0.1, 0.15) is 44.2 Å². The quantitative estimate of drug-likeness (QED) is 0.536. The van der Waals surface area contributed by atoms with Gasteiger partial charge in [-0.05, 0) is 47.7 Å². The van der Waals surface area contributed by atoms with Crippen LogP contribution in [0.15, 0.2) is 47.8 Å². The summed E-state index contributed by atoms with van der Waals surface area (Å²) in [6.07, 6.45) is -0.553. The SMILES string of the molecule is CC(Oc1ccc(Cl)c(N2C(=O)Cc3csc(C(=O)O)c3C2=O)c1)c1ccc(F)cc1. The van der Waals surface area contributed by atoms with Crippen LogP contribution in [0.4, 0.5) is 10.1 Å². The highest BCUT2D eigenvalue weighted by Gasteiger charge is 2.37. The predicted octanol–water partition coefficient (Wildman–Crippen LogP) is 5.11. The smallest absolute Gasteiger partial charge is 0.346 e. The van der Waals surface area contributed by atoms with Crippen molar-refractivity contribution in [2.24, 2.45) is 0 Å². The third-order valence-electron chi connectivity index (χ3n) is 4.88. The number of halogens is 2. The van der Waals surface area contributed by atoms with Crippen molar-refractivity contribution in [3.63, 3.8) is 0 Å². The van der Waals surface area contributed by atoms with Crippen molar-refractivity contribution in [3.8, 4) is 5.75 Å². The summed E-state index contributed by atoms with van der Waals surface area (Å²) in [7, 11) is 0. The summed E-state index contributed by atoms with van der Waals surface area (Å²) < 4.78 is 19.0. The number of nitrogens with zero attached hydrogens (tertiary/aromatic N) is 1. The number of carboxylic acids is 1. The van der Waals surface area contributed by atoms with Crippen LogP contribution in [0.2, 0.25) is 5.02 Å². The van der Waals surface area contributed by atoms with Gasteiger partial charge in [-0.1, -0.05) is 23.7 Å². The molecule has 0 spiro atoms. The maximum atomic E-state index is 13.2. The van der Waals surface area contributed by atoms with E-state index in [2.05, 4.69) is 0 Å². The molecular weight excluding hydrogens is 445 g/mol. The lowest BCUT2D eigenvalue weighted by Crippen LogP contribution is -2.42. The van der Waals surface area contributed by atoms with Gasteiger partial charge in [0.2, 0.25) is 5.91 Å². The molecule has 0 saturated heterocycles. The molecule has 0 bridgehead atoms. The highest BCUT2D eigenvalue weighted by molar-refractivity contribution is 7.12. The summed E-state index contributed by atoms with van der Waals surface area (Å²) in [6.45, 7) is 1.77. The summed E-state index contributed by atoms with van der Waals surface area (Å²) in [5.74, 6) is -2.51. The van der Waals surface area contributed by atoms with Gasteiger partial charge in [-0.3, -0.25) is 9.59 Å². The maximum Gasteiger partial charge on any atom is 0.346 e. The molecule has 0 aliphatic carbocycles. The Bertz CT molecular complexity index is 1210. The van der Waals surface area contributed by atoms with Crippen molar-refractivity contribution in [2.75, 3.05) is 4.90 Å². The lowest BCUT2D eigenvalue weighted by Gasteiger charge is -2.27. The van der Waals surface area contributed by atoms with Crippen molar-refractivity contribution in [2.45, 2.75) is 19.4 Å². The Labute approximate surface area is 185 Å². The molecule has 2 heterocycles. The molecule has 9 heteroatoms. The largest absolute Gasteiger partial charge is 0.486 e. The first-order chi connectivity index (χ1) is 14.8. The third kappa shape index (κ3) is 3.92. The van der Waals surface area contributed by atoms with Crippen LogP contribution in [0.3, 0.4) is 0 Å².